The van der Waals surface area contributed by atoms with E-state index in [9.17, 15) is 19.2 Å². The van der Waals surface area contributed by atoms with Crippen molar-refractivity contribution in [3.8, 4) is 11.5 Å². The van der Waals surface area contributed by atoms with Crippen LogP contribution < -0.4 is 19.3 Å². The Kier molecular flexibility index (Phi) is 5.88. The number of ether oxygens (including phenoxy) is 2. The Morgan fingerprint density at radius 1 is 0.914 bits per heavy atom. The summed E-state index contributed by atoms with van der Waals surface area (Å²) in [4.78, 5) is 54.0. The van der Waals surface area contributed by atoms with E-state index in [-0.39, 0.29) is 42.5 Å². The van der Waals surface area contributed by atoms with Gasteiger partial charge in [-0.1, -0.05) is 12.2 Å². The molecule has 0 aromatic heterocycles. The Morgan fingerprint density at radius 2 is 1.54 bits per heavy atom. The summed E-state index contributed by atoms with van der Waals surface area (Å²) in [6, 6.07) is 12.0. The van der Waals surface area contributed by atoms with Crippen molar-refractivity contribution in [2.45, 2.75) is 26.2 Å². The van der Waals surface area contributed by atoms with E-state index >= 15 is 0 Å². The summed E-state index contributed by atoms with van der Waals surface area (Å²) in [7, 11) is 1.57. The highest BCUT2D eigenvalue weighted by Crippen LogP contribution is 2.39. The van der Waals surface area contributed by atoms with Gasteiger partial charge in [0, 0.05) is 18.7 Å². The number of carbonyl (C=O) groups is 4. The first-order chi connectivity index (χ1) is 16.9. The maximum absolute atomic E-state index is 12.9. The molecule has 0 unspecified atom stereocenters. The second kappa shape index (κ2) is 9.02. The lowest BCUT2D eigenvalue weighted by Crippen LogP contribution is -2.31. The lowest BCUT2D eigenvalue weighted by Gasteiger charge is -2.19. The SMILES string of the molecule is COc1ccc(N2C[C@H](C(=O)Oc3ccc(N4C(=O)[C@@H]5CC=CC[C@H]5C4=O)c(C)c3)CC2=O)cc1. The zero-order chi connectivity index (χ0) is 24.7. The van der Waals surface area contributed by atoms with Crippen LogP contribution in [0, 0.1) is 24.7 Å². The quantitative estimate of drug-likeness (QED) is 0.285. The summed E-state index contributed by atoms with van der Waals surface area (Å²) in [5.74, 6) is -1.22. The molecule has 3 atom stereocenters. The Balaban J connectivity index is 1.27. The summed E-state index contributed by atoms with van der Waals surface area (Å²) in [6.07, 6.45) is 5.13. The summed E-state index contributed by atoms with van der Waals surface area (Å²) in [6.45, 7) is 2.01. The molecule has 3 amide bonds. The van der Waals surface area contributed by atoms with Gasteiger partial charge in [0.1, 0.15) is 11.5 Å². The molecule has 2 saturated heterocycles. The second-order valence-electron chi connectivity index (χ2n) is 9.14. The van der Waals surface area contributed by atoms with E-state index in [1.807, 2.05) is 12.2 Å². The van der Waals surface area contributed by atoms with Gasteiger partial charge in [0.25, 0.3) is 0 Å². The molecule has 3 aliphatic rings. The van der Waals surface area contributed by atoms with Crippen molar-refractivity contribution in [2.75, 3.05) is 23.5 Å². The molecule has 0 spiro atoms. The lowest BCUT2D eigenvalue weighted by atomic mass is 9.85. The average Bonchev–Trinajstić information content (AvgIpc) is 3.37. The maximum Gasteiger partial charge on any atom is 0.316 e. The molecule has 1 aliphatic carbocycles. The molecule has 2 aromatic rings. The monoisotopic (exact) mass is 474 g/mol. The molecule has 2 heterocycles. The number of hydrogen-bond donors (Lipinski definition) is 0. The molecular weight excluding hydrogens is 448 g/mol. The number of nitrogens with zero attached hydrogens (tertiary/aromatic N) is 2. The third-order valence-electron chi connectivity index (χ3n) is 6.98. The smallest absolute Gasteiger partial charge is 0.316 e. The van der Waals surface area contributed by atoms with Gasteiger partial charge in [-0.2, -0.15) is 0 Å². The topological polar surface area (TPSA) is 93.2 Å². The molecular formula is C27H26N2O6. The molecule has 0 N–H and O–H groups in total. The van der Waals surface area contributed by atoms with Crippen molar-refractivity contribution >= 4 is 35.1 Å². The number of hydrogen-bond acceptors (Lipinski definition) is 6. The Hall–Kier alpha value is -3.94. The number of amides is 3. The first-order valence-corrected chi connectivity index (χ1v) is 11.7. The zero-order valence-electron chi connectivity index (χ0n) is 19.6. The highest BCUT2D eigenvalue weighted by atomic mass is 16.5. The molecule has 35 heavy (non-hydrogen) atoms. The predicted molar refractivity (Wildman–Crippen MR) is 128 cm³/mol. The average molecular weight is 475 g/mol. The Labute approximate surface area is 203 Å². The van der Waals surface area contributed by atoms with Gasteiger partial charge < -0.3 is 14.4 Å². The fraction of sp³-hybridized carbons (Fsp3) is 0.333. The maximum atomic E-state index is 12.9. The minimum absolute atomic E-state index is 0.0650. The summed E-state index contributed by atoms with van der Waals surface area (Å²) in [5.41, 5.74) is 1.86. The fourth-order valence-corrected chi connectivity index (χ4v) is 5.06. The number of allylic oxidation sites excluding steroid dienone is 2. The molecule has 8 heteroatoms. The van der Waals surface area contributed by atoms with Crippen molar-refractivity contribution in [2.24, 2.45) is 17.8 Å². The van der Waals surface area contributed by atoms with Crippen LogP contribution in [0.1, 0.15) is 24.8 Å². The molecule has 8 nitrogen and oxygen atoms in total. The molecule has 0 radical (unpaired) electrons. The van der Waals surface area contributed by atoms with E-state index in [1.165, 1.54) is 4.90 Å². The molecule has 0 bridgehead atoms. The van der Waals surface area contributed by atoms with Gasteiger partial charge in [0.05, 0.1) is 30.6 Å². The number of aryl methyl sites for hydroxylation is 1. The van der Waals surface area contributed by atoms with E-state index in [2.05, 4.69) is 0 Å². The summed E-state index contributed by atoms with van der Waals surface area (Å²) < 4.78 is 10.7. The fourth-order valence-electron chi connectivity index (χ4n) is 5.06. The largest absolute Gasteiger partial charge is 0.497 e. The van der Waals surface area contributed by atoms with Crippen molar-refractivity contribution in [3.63, 3.8) is 0 Å². The molecule has 2 fully saturated rings. The van der Waals surface area contributed by atoms with Gasteiger partial charge in [0.15, 0.2) is 0 Å². The number of benzene rings is 2. The van der Waals surface area contributed by atoms with Crippen LogP contribution in [0.2, 0.25) is 0 Å². The van der Waals surface area contributed by atoms with E-state index in [0.717, 1.165) is 0 Å². The minimum Gasteiger partial charge on any atom is -0.497 e. The first-order valence-electron chi connectivity index (χ1n) is 11.7. The van der Waals surface area contributed by atoms with Crippen LogP contribution in [0.5, 0.6) is 11.5 Å². The number of esters is 1. The van der Waals surface area contributed by atoms with Crippen molar-refractivity contribution in [1.29, 1.82) is 0 Å². The molecule has 180 valence electrons. The van der Waals surface area contributed by atoms with E-state index in [1.54, 1.807) is 61.4 Å². The van der Waals surface area contributed by atoms with Crippen molar-refractivity contribution in [1.82, 2.24) is 0 Å². The molecule has 2 aromatic carbocycles. The van der Waals surface area contributed by atoms with Crippen LogP contribution in [-0.4, -0.2) is 37.3 Å². The van der Waals surface area contributed by atoms with Crippen LogP contribution in [-0.2, 0) is 19.2 Å². The number of imide groups is 1. The summed E-state index contributed by atoms with van der Waals surface area (Å²) in [5, 5.41) is 0. The van der Waals surface area contributed by atoms with E-state index in [4.69, 9.17) is 9.47 Å². The van der Waals surface area contributed by atoms with Gasteiger partial charge in [-0.3, -0.25) is 19.2 Å². The highest BCUT2D eigenvalue weighted by Gasteiger charge is 2.48. The molecule has 2 aliphatic heterocycles. The van der Waals surface area contributed by atoms with Crippen molar-refractivity contribution in [3.05, 3.63) is 60.2 Å². The van der Waals surface area contributed by atoms with E-state index < -0.39 is 11.9 Å². The van der Waals surface area contributed by atoms with Crippen LogP contribution in [0.4, 0.5) is 11.4 Å². The predicted octanol–water partition coefficient (Wildman–Crippen LogP) is 3.42. The Bertz CT molecular complexity index is 1210. The summed E-state index contributed by atoms with van der Waals surface area (Å²) >= 11 is 0. The third-order valence-corrected chi connectivity index (χ3v) is 6.98. The highest BCUT2D eigenvalue weighted by molar-refractivity contribution is 6.22. The number of fused-ring (bicyclic) bond motifs is 1. The second-order valence-corrected chi connectivity index (χ2v) is 9.14. The van der Waals surface area contributed by atoms with Gasteiger partial charge in [-0.25, -0.2) is 4.90 Å². The van der Waals surface area contributed by atoms with Gasteiger partial charge in [-0.15, -0.1) is 0 Å². The first kappa shape index (κ1) is 22.8. The molecule has 5 rings (SSSR count). The van der Waals surface area contributed by atoms with Gasteiger partial charge in [0.2, 0.25) is 17.7 Å². The Morgan fingerprint density at radius 3 is 2.14 bits per heavy atom. The van der Waals surface area contributed by atoms with Crippen LogP contribution in [0.15, 0.2) is 54.6 Å². The number of rotatable bonds is 5. The van der Waals surface area contributed by atoms with Crippen molar-refractivity contribution < 1.29 is 28.7 Å². The van der Waals surface area contributed by atoms with Crippen LogP contribution in [0.25, 0.3) is 0 Å². The van der Waals surface area contributed by atoms with Crippen LogP contribution in [0.3, 0.4) is 0 Å². The number of anilines is 2. The van der Waals surface area contributed by atoms with Gasteiger partial charge >= 0.3 is 5.97 Å². The minimum atomic E-state index is -0.595. The molecule has 0 saturated carbocycles. The zero-order valence-corrected chi connectivity index (χ0v) is 19.6. The number of methoxy groups -OCH3 is 1. The normalized spacial score (nSPS) is 23.6. The standard InChI is InChI=1S/C27H26N2O6/c1-16-13-20(11-12-23(16)29-25(31)21-5-3-4-6-22(21)26(29)32)35-27(33)17-14-24(30)28(15-17)18-7-9-19(34-2)10-8-18/h3-4,7-13,17,21-22H,5-6,14-15H2,1-2H3/t17-,21-,22-/m1/s1. The van der Waals surface area contributed by atoms with Gasteiger partial charge in [-0.05, 0) is 67.8 Å². The van der Waals surface area contributed by atoms with Crippen LogP contribution >= 0.6 is 0 Å². The van der Waals surface area contributed by atoms with E-state index in [0.29, 0.717) is 41.3 Å². The number of carbonyl (C=O) groups excluding carboxylic acids is 4. The third kappa shape index (κ3) is 4.09. The lowest BCUT2D eigenvalue weighted by molar-refractivity contribution is -0.139.